The van der Waals surface area contributed by atoms with E-state index in [2.05, 4.69) is 5.32 Å². The van der Waals surface area contributed by atoms with E-state index < -0.39 is 16.1 Å². The fourth-order valence-corrected chi connectivity index (χ4v) is 4.96. The van der Waals surface area contributed by atoms with Gasteiger partial charge in [0.25, 0.3) is 0 Å². The van der Waals surface area contributed by atoms with Gasteiger partial charge in [0.1, 0.15) is 6.04 Å². The molecule has 0 radical (unpaired) electrons. The van der Waals surface area contributed by atoms with E-state index in [-0.39, 0.29) is 54.5 Å². The van der Waals surface area contributed by atoms with Crippen LogP contribution < -0.4 is 9.62 Å². The van der Waals surface area contributed by atoms with Gasteiger partial charge in [-0.05, 0) is 63.1 Å². The van der Waals surface area contributed by atoms with Crippen LogP contribution in [0.4, 0.5) is 5.69 Å². The molecular formula is C24H30Cl3N3O4S. The number of halogens is 3. The summed E-state index contributed by atoms with van der Waals surface area (Å²) in [4.78, 5) is 27.4. The minimum Gasteiger partial charge on any atom is -0.352 e. The summed E-state index contributed by atoms with van der Waals surface area (Å²) in [6.07, 6.45) is 1.30. The summed E-state index contributed by atoms with van der Waals surface area (Å²) in [7, 11) is -3.68. The number of hydrogen-bond donors (Lipinski definition) is 1. The van der Waals surface area contributed by atoms with Crippen molar-refractivity contribution in [2.24, 2.45) is 0 Å². The Kier molecular flexibility index (Phi) is 10.7. The van der Waals surface area contributed by atoms with Crippen LogP contribution in [0, 0.1) is 0 Å². The molecule has 0 aliphatic carbocycles. The van der Waals surface area contributed by atoms with Crippen molar-refractivity contribution < 1.29 is 18.0 Å². The van der Waals surface area contributed by atoms with E-state index in [1.54, 1.807) is 37.3 Å². The van der Waals surface area contributed by atoms with E-state index in [0.29, 0.717) is 10.0 Å². The van der Waals surface area contributed by atoms with E-state index in [0.717, 1.165) is 16.1 Å². The second-order valence-corrected chi connectivity index (χ2v) is 11.7. The van der Waals surface area contributed by atoms with Gasteiger partial charge in [0.2, 0.25) is 21.8 Å². The van der Waals surface area contributed by atoms with Gasteiger partial charge in [-0.25, -0.2) is 8.42 Å². The Labute approximate surface area is 222 Å². The summed E-state index contributed by atoms with van der Waals surface area (Å²) >= 11 is 18.2. The summed E-state index contributed by atoms with van der Waals surface area (Å²) in [6.45, 7) is 5.58. The topological polar surface area (TPSA) is 86.8 Å². The number of sulfonamides is 1. The largest absolute Gasteiger partial charge is 0.352 e. The number of carbonyl (C=O) groups is 2. The number of hydrogen-bond acceptors (Lipinski definition) is 4. The van der Waals surface area contributed by atoms with Gasteiger partial charge in [-0.1, -0.05) is 46.9 Å². The molecule has 35 heavy (non-hydrogen) atoms. The fraction of sp³-hybridized carbons (Fsp3) is 0.417. The van der Waals surface area contributed by atoms with Gasteiger partial charge in [-0.3, -0.25) is 13.9 Å². The highest BCUT2D eigenvalue weighted by Gasteiger charge is 2.27. The molecule has 11 heteroatoms. The molecule has 0 heterocycles. The average molecular weight is 563 g/mol. The molecule has 0 unspecified atom stereocenters. The van der Waals surface area contributed by atoms with Gasteiger partial charge in [0.05, 0.1) is 17.0 Å². The summed E-state index contributed by atoms with van der Waals surface area (Å²) in [5.41, 5.74) is 1.06. The molecule has 7 nitrogen and oxygen atoms in total. The lowest BCUT2D eigenvalue weighted by molar-refractivity contribution is -0.140. The molecule has 0 saturated carbocycles. The van der Waals surface area contributed by atoms with Gasteiger partial charge in [0, 0.05) is 35.6 Å². The first kappa shape index (κ1) is 29.2. The summed E-state index contributed by atoms with van der Waals surface area (Å²) in [6, 6.07) is 10.8. The first-order valence-electron chi connectivity index (χ1n) is 11.1. The second kappa shape index (κ2) is 12.8. The number of anilines is 1. The third-order valence-corrected chi connectivity index (χ3v) is 7.18. The maximum atomic E-state index is 13.2. The van der Waals surface area contributed by atoms with Gasteiger partial charge < -0.3 is 10.2 Å². The first-order chi connectivity index (χ1) is 16.3. The molecule has 2 aromatic rings. The van der Waals surface area contributed by atoms with Crippen LogP contribution in [0.3, 0.4) is 0 Å². The van der Waals surface area contributed by atoms with E-state index >= 15 is 0 Å². The molecule has 192 valence electrons. The zero-order chi connectivity index (χ0) is 26.3. The summed E-state index contributed by atoms with van der Waals surface area (Å²) in [5.74, 6) is -0.553. The van der Waals surface area contributed by atoms with E-state index in [1.165, 1.54) is 17.0 Å². The third kappa shape index (κ3) is 8.86. The Morgan fingerprint density at radius 3 is 2.14 bits per heavy atom. The highest BCUT2D eigenvalue weighted by atomic mass is 35.5. The monoisotopic (exact) mass is 561 g/mol. The SMILES string of the molecule is CC(C)NC(=O)[C@@H](C)N(Cc1ccc(Cl)cc1)C(=O)CCCN(c1cc(Cl)ccc1Cl)S(C)(=O)=O. The Hall–Kier alpha value is -2.00. The smallest absolute Gasteiger partial charge is 0.242 e. The van der Waals surface area contributed by atoms with Crippen LogP contribution in [0.15, 0.2) is 42.5 Å². The van der Waals surface area contributed by atoms with Crippen LogP contribution in [0.25, 0.3) is 0 Å². The van der Waals surface area contributed by atoms with E-state index in [9.17, 15) is 18.0 Å². The van der Waals surface area contributed by atoms with Crippen LogP contribution in [-0.4, -0.2) is 50.0 Å². The van der Waals surface area contributed by atoms with Crippen LogP contribution in [-0.2, 0) is 26.2 Å². The number of nitrogens with zero attached hydrogens (tertiary/aromatic N) is 2. The van der Waals surface area contributed by atoms with Crippen molar-refractivity contribution in [2.75, 3.05) is 17.1 Å². The van der Waals surface area contributed by atoms with Crippen LogP contribution in [0.5, 0.6) is 0 Å². The molecule has 0 saturated heterocycles. The number of amides is 2. The lowest BCUT2D eigenvalue weighted by atomic mass is 10.1. The normalized spacial score (nSPS) is 12.3. The second-order valence-electron chi connectivity index (χ2n) is 8.52. The van der Waals surface area contributed by atoms with E-state index in [4.69, 9.17) is 34.8 Å². The molecule has 0 bridgehead atoms. The zero-order valence-corrected chi connectivity index (χ0v) is 23.2. The van der Waals surface area contributed by atoms with Crippen molar-refractivity contribution >= 4 is 62.3 Å². The number of rotatable bonds is 11. The van der Waals surface area contributed by atoms with E-state index in [1.807, 2.05) is 13.8 Å². The molecular weight excluding hydrogens is 533 g/mol. The maximum Gasteiger partial charge on any atom is 0.242 e. The lowest BCUT2D eigenvalue weighted by Crippen LogP contribution is -2.49. The highest BCUT2D eigenvalue weighted by molar-refractivity contribution is 7.92. The Bertz CT molecular complexity index is 1140. The van der Waals surface area contributed by atoms with Gasteiger partial charge >= 0.3 is 0 Å². The zero-order valence-electron chi connectivity index (χ0n) is 20.1. The minimum atomic E-state index is -3.68. The quantitative estimate of drug-likeness (QED) is 0.411. The molecule has 0 aromatic heterocycles. The number of carbonyl (C=O) groups excluding carboxylic acids is 2. The standard InChI is InChI=1S/C24H30Cl3N3O4S/c1-16(2)28-24(32)17(3)29(15-18-7-9-19(25)10-8-18)23(31)6-5-13-30(35(4,33)34)22-14-20(26)11-12-21(22)27/h7-12,14,16-17H,5-6,13,15H2,1-4H3,(H,28,32)/t17-/m1/s1. The molecule has 1 atom stereocenters. The highest BCUT2D eigenvalue weighted by Crippen LogP contribution is 2.31. The molecule has 0 fully saturated rings. The lowest BCUT2D eigenvalue weighted by Gasteiger charge is -2.30. The van der Waals surface area contributed by atoms with Crippen molar-refractivity contribution in [3.05, 3.63) is 63.1 Å². The van der Waals surface area contributed by atoms with Crippen molar-refractivity contribution in [2.45, 2.75) is 52.2 Å². The minimum absolute atomic E-state index is 0.0198. The maximum absolute atomic E-state index is 13.2. The Morgan fingerprint density at radius 2 is 1.57 bits per heavy atom. The fourth-order valence-electron chi connectivity index (χ4n) is 3.43. The summed E-state index contributed by atoms with van der Waals surface area (Å²) in [5, 5.41) is 3.97. The molecule has 1 N–H and O–H groups in total. The number of benzene rings is 2. The molecule has 0 spiro atoms. The van der Waals surface area contributed by atoms with Gasteiger partial charge in [-0.15, -0.1) is 0 Å². The predicted molar refractivity (Wildman–Crippen MR) is 143 cm³/mol. The van der Waals surface area contributed by atoms with Crippen molar-refractivity contribution in [3.63, 3.8) is 0 Å². The molecule has 0 aliphatic heterocycles. The van der Waals surface area contributed by atoms with Gasteiger partial charge in [-0.2, -0.15) is 0 Å². The first-order valence-corrected chi connectivity index (χ1v) is 14.0. The van der Waals surface area contributed by atoms with Gasteiger partial charge in [0.15, 0.2) is 0 Å². The molecule has 2 rings (SSSR count). The van der Waals surface area contributed by atoms with Crippen molar-refractivity contribution in [1.82, 2.24) is 10.2 Å². The molecule has 2 aromatic carbocycles. The average Bonchev–Trinajstić information content (AvgIpc) is 2.76. The van der Waals surface area contributed by atoms with Crippen LogP contribution in [0.1, 0.15) is 39.2 Å². The predicted octanol–water partition coefficient (Wildman–Crippen LogP) is 5.13. The van der Waals surface area contributed by atoms with Crippen molar-refractivity contribution in [1.29, 1.82) is 0 Å². The Morgan fingerprint density at radius 1 is 0.971 bits per heavy atom. The number of nitrogens with one attached hydrogen (secondary N) is 1. The van der Waals surface area contributed by atoms with Crippen molar-refractivity contribution in [3.8, 4) is 0 Å². The third-order valence-electron chi connectivity index (χ3n) is 5.19. The molecule has 2 amide bonds. The Balaban J connectivity index is 2.20. The molecule has 0 aliphatic rings. The summed E-state index contributed by atoms with van der Waals surface area (Å²) < 4.78 is 26.0. The van der Waals surface area contributed by atoms with Crippen LogP contribution in [0.2, 0.25) is 15.1 Å². The van der Waals surface area contributed by atoms with Crippen LogP contribution >= 0.6 is 34.8 Å².